The van der Waals surface area contributed by atoms with Crippen molar-refractivity contribution in [2.75, 3.05) is 16.2 Å². The van der Waals surface area contributed by atoms with Gasteiger partial charge in [0, 0.05) is 33.8 Å². The first-order valence-corrected chi connectivity index (χ1v) is 13.3. The van der Waals surface area contributed by atoms with Crippen LogP contribution in [-0.4, -0.2) is 15.0 Å². The number of halogens is 2. The second-order valence-corrected chi connectivity index (χ2v) is 11.5. The number of nitrogens with zero attached hydrogens (tertiary/aromatic N) is 1. The van der Waals surface area contributed by atoms with Gasteiger partial charge in [0.1, 0.15) is 0 Å². The fourth-order valence-corrected chi connectivity index (χ4v) is 7.68. The third-order valence-electron chi connectivity index (χ3n) is 7.08. The van der Waals surface area contributed by atoms with E-state index in [1.807, 2.05) is 54.6 Å². The van der Waals surface area contributed by atoms with E-state index in [1.54, 1.807) is 6.07 Å². The third-order valence-corrected chi connectivity index (χ3v) is 9.55. The number of hydrogen-bond acceptors (Lipinski definition) is 3. The second-order valence-electron chi connectivity index (χ2n) is 8.82. The van der Waals surface area contributed by atoms with E-state index in [4.69, 9.17) is 23.2 Å². The van der Waals surface area contributed by atoms with Crippen molar-refractivity contribution < 1.29 is 8.42 Å². The lowest BCUT2D eigenvalue weighted by atomic mass is 9.77. The van der Waals surface area contributed by atoms with Crippen LogP contribution >= 0.6 is 23.2 Å². The molecule has 3 atom stereocenters. The highest BCUT2D eigenvalue weighted by Gasteiger charge is 2.40. The van der Waals surface area contributed by atoms with E-state index in [2.05, 4.69) is 17.5 Å². The zero-order valence-corrected chi connectivity index (χ0v) is 20.0. The standard InChI is InChI=1S/C26H22Cl2N2O2S/c27-21-8-4-9-22(28)25(21)26-19-7-3-6-18(19)20-15-17(11-12-23(20)29-26)33(31,32)30-14-13-16-5-1-2-10-24(16)30/h1-6,8-12,15,18-19,26,29H,7,13-14H2. The fraction of sp³-hybridized carbons (Fsp3) is 0.231. The summed E-state index contributed by atoms with van der Waals surface area (Å²) in [5.41, 5.74) is 4.67. The van der Waals surface area contributed by atoms with E-state index in [0.717, 1.165) is 40.9 Å². The van der Waals surface area contributed by atoms with Crippen LogP contribution in [0.3, 0.4) is 0 Å². The number of benzene rings is 3. The second kappa shape index (κ2) is 7.79. The van der Waals surface area contributed by atoms with Gasteiger partial charge < -0.3 is 5.32 Å². The van der Waals surface area contributed by atoms with Gasteiger partial charge in [-0.15, -0.1) is 0 Å². The largest absolute Gasteiger partial charge is 0.378 e. The van der Waals surface area contributed by atoms with Crippen molar-refractivity contribution in [3.8, 4) is 0 Å². The molecule has 6 rings (SSSR count). The zero-order chi connectivity index (χ0) is 22.7. The van der Waals surface area contributed by atoms with Gasteiger partial charge in [-0.05, 0) is 66.3 Å². The van der Waals surface area contributed by atoms with E-state index >= 15 is 0 Å². The van der Waals surface area contributed by atoms with Gasteiger partial charge in [-0.3, -0.25) is 4.31 Å². The monoisotopic (exact) mass is 496 g/mol. The molecule has 4 nitrogen and oxygen atoms in total. The maximum absolute atomic E-state index is 13.6. The van der Waals surface area contributed by atoms with Crippen molar-refractivity contribution in [2.24, 2.45) is 5.92 Å². The molecule has 7 heteroatoms. The van der Waals surface area contributed by atoms with Crippen LogP contribution in [0.5, 0.6) is 0 Å². The molecular formula is C26H22Cl2N2O2S. The smallest absolute Gasteiger partial charge is 0.264 e. The Morgan fingerprint density at radius 2 is 1.76 bits per heavy atom. The molecule has 3 aliphatic rings. The minimum atomic E-state index is -3.65. The van der Waals surface area contributed by atoms with Crippen LogP contribution in [0.2, 0.25) is 10.0 Å². The molecule has 0 fully saturated rings. The Morgan fingerprint density at radius 3 is 2.58 bits per heavy atom. The average molecular weight is 497 g/mol. The van der Waals surface area contributed by atoms with Crippen molar-refractivity contribution in [1.29, 1.82) is 0 Å². The third kappa shape index (κ3) is 3.29. The number of nitrogens with one attached hydrogen (secondary N) is 1. The fourth-order valence-electron chi connectivity index (χ4n) is 5.51. The highest BCUT2D eigenvalue weighted by Crippen LogP contribution is 2.52. The Kier molecular flexibility index (Phi) is 4.98. The summed E-state index contributed by atoms with van der Waals surface area (Å²) in [6, 6.07) is 18.7. The summed E-state index contributed by atoms with van der Waals surface area (Å²) in [6.07, 6.45) is 5.96. The van der Waals surface area contributed by atoms with Crippen molar-refractivity contribution in [1.82, 2.24) is 0 Å². The molecule has 0 saturated carbocycles. The van der Waals surface area contributed by atoms with Crippen LogP contribution < -0.4 is 9.62 Å². The molecular weight excluding hydrogens is 475 g/mol. The Balaban J connectivity index is 1.41. The van der Waals surface area contributed by atoms with Gasteiger partial charge in [0.2, 0.25) is 0 Å². The van der Waals surface area contributed by atoms with E-state index in [9.17, 15) is 8.42 Å². The molecule has 0 spiro atoms. The summed E-state index contributed by atoms with van der Waals surface area (Å²) in [7, 11) is -3.65. The minimum absolute atomic E-state index is 0.0494. The van der Waals surface area contributed by atoms with Crippen molar-refractivity contribution in [2.45, 2.75) is 29.7 Å². The number of hydrogen-bond donors (Lipinski definition) is 1. The first kappa shape index (κ1) is 21.1. The van der Waals surface area contributed by atoms with Crippen molar-refractivity contribution >= 4 is 44.6 Å². The van der Waals surface area contributed by atoms with Crippen LogP contribution in [0, 0.1) is 5.92 Å². The lowest BCUT2D eigenvalue weighted by Crippen LogP contribution is -2.31. The van der Waals surface area contributed by atoms with Crippen molar-refractivity contribution in [3.05, 3.63) is 99.6 Å². The topological polar surface area (TPSA) is 49.4 Å². The summed E-state index contributed by atoms with van der Waals surface area (Å²) < 4.78 is 28.7. The Bertz CT molecular complexity index is 1380. The number of allylic oxidation sites excluding steroid dienone is 2. The van der Waals surface area contributed by atoms with E-state index in [1.165, 1.54) is 4.31 Å². The van der Waals surface area contributed by atoms with Gasteiger partial charge >= 0.3 is 0 Å². The maximum Gasteiger partial charge on any atom is 0.264 e. The Morgan fingerprint density at radius 1 is 0.970 bits per heavy atom. The molecule has 3 aromatic rings. The molecule has 0 bridgehead atoms. The molecule has 2 heterocycles. The predicted molar refractivity (Wildman–Crippen MR) is 134 cm³/mol. The van der Waals surface area contributed by atoms with Gasteiger partial charge in [0.25, 0.3) is 10.0 Å². The molecule has 1 N–H and O–H groups in total. The molecule has 0 radical (unpaired) electrons. The summed E-state index contributed by atoms with van der Waals surface area (Å²) in [5.74, 6) is 0.306. The van der Waals surface area contributed by atoms with Crippen LogP contribution in [0.25, 0.3) is 0 Å². The van der Waals surface area contributed by atoms with Crippen LogP contribution in [0.15, 0.2) is 77.7 Å². The number of sulfonamides is 1. The molecule has 168 valence electrons. The SMILES string of the molecule is O=S(=O)(c1ccc2c(c1)C1C=CCC1C(c1c(Cl)cccc1Cl)N2)N1CCc2ccccc21. The van der Waals surface area contributed by atoms with Gasteiger partial charge in [0.15, 0.2) is 0 Å². The summed E-state index contributed by atoms with van der Waals surface area (Å²) >= 11 is 13.1. The summed E-state index contributed by atoms with van der Waals surface area (Å²) in [6.45, 7) is 0.468. The van der Waals surface area contributed by atoms with Gasteiger partial charge in [-0.25, -0.2) is 8.42 Å². The predicted octanol–water partition coefficient (Wildman–Crippen LogP) is 6.57. The van der Waals surface area contributed by atoms with E-state index in [0.29, 0.717) is 21.5 Å². The van der Waals surface area contributed by atoms with E-state index in [-0.39, 0.29) is 17.9 Å². The summed E-state index contributed by atoms with van der Waals surface area (Å²) in [4.78, 5) is 0.327. The molecule has 3 aromatic carbocycles. The molecule has 0 amide bonds. The number of fused-ring (bicyclic) bond motifs is 4. The van der Waals surface area contributed by atoms with E-state index < -0.39 is 10.0 Å². The minimum Gasteiger partial charge on any atom is -0.378 e. The molecule has 33 heavy (non-hydrogen) atoms. The number of anilines is 2. The Hall–Kier alpha value is -2.47. The van der Waals surface area contributed by atoms with Crippen molar-refractivity contribution in [3.63, 3.8) is 0 Å². The highest BCUT2D eigenvalue weighted by atomic mass is 35.5. The molecule has 1 aliphatic carbocycles. The highest BCUT2D eigenvalue weighted by molar-refractivity contribution is 7.92. The number of rotatable bonds is 3. The number of para-hydroxylation sites is 1. The molecule has 3 unspecified atom stereocenters. The van der Waals surface area contributed by atoms with Gasteiger partial charge in [0.05, 0.1) is 16.6 Å². The molecule has 0 saturated heterocycles. The molecule has 2 aliphatic heterocycles. The first-order chi connectivity index (χ1) is 15.9. The van der Waals surface area contributed by atoms with Crippen LogP contribution in [0.4, 0.5) is 11.4 Å². The van der Waals surface area contributed by atoms with Crippen LogP contribution in [-0.2, 0) is 16.4 Å². The maximum atomic E-state index is 13.6. The van der Waals surface area contributed by atoms with Crippen LogP contribution in [0.1, 0.15) is 35.1 Å². The lowest BCUT2D eigenvalue weighted by Gasteiger charge is -2.38. The zero-order valence-electron chi connectivity index (χ0n) is 17.7. The van der Waals surface area contributed by atoms with Gasteiger partial charge in [-0.2, -0.15) is 0 Å². The van der Waals surface area contributed by atoms with Gasteiger partial charge in [-0.1, -0.05) is 59.6 Å². The summed E-state index contributed by atoms with van der Waals surface area (Å²) in [5, 5.41) is 4.89. The Labute approximate surface area is 203 Å². The average Bonchev–Trinajstić information content (AvgIpc) is 3.47. The quantitative estimate of drug-likeness (QED) is 0.417. The lowest BCUT2D eigenvalue weighted by molar-refractivity contribution is 0.425. The normalized spacial score (nSPS) is 23.1. The molecule has 0 aromatic heterocycles. The first-order valence-electron chi connectivity index (χ1n) is 11.1.